The summed E-state index contributed by atoms with van der Waals surface area (Å²) >= 11 is 4.40. The van der Waals surface area contributed by atoms with Crippen molar-refractivity contribution < 1.29 is 14.1 Å². The third-order valence-electron chi connectivity index (χ3n) is 3.15. The lowest BCUT2D eigenvalue weighted by atomic mass is 10.3. The normalized spacial score (nSPS) is 11.0. The highest BCUT2D eigenvalue weighted by molar-refractivity contribution is 8.00. The number of thiophene rings is 2. The minimum atomic E-state index is -0.367. The number of hydrogen-bond acceptors (Lipinski definition) is 10. The Bertz CT molecular complexity index is 996. The van der Waals surface area contributed by atoms with E-state index in [4.69, 9.17) is 9.26 Å². The number of rotatable bonds is 6. The highest BCUT2D eigenvalue weighted by Gasteiger charge is 2.13. The molecule has 0 aliphatic carbocycles. The first kappa shape index (κ1) is 16.2. The van der Waals surface area contributed by atoms with Crippen LogP contribution in [-0.4, -0.2) is 31.8 Å². The van der Waals surface area contributed by atoms with Crippen molar-refractivity contribution in [3.63, 3.8) is 0 Å². The van der Waals surface area contributed by atoms with Crippen molar-refractivity contribution >= 4 is 50.6 Å². The minimum absolute atomic E-state index is 0.0231. The fourth-order valence-corrected chi connectivity index (χ4v) is 4.22. The molecule has 0 bridgehead atoms. The van der Waals surface area contributed by atoms with Crippen LogP contribution in [0.5, 0.6) is 0 Å². The molecule has 0 aromatic carbocycles. The molecule has 4 aromatic rings. The Morgan fingerprint density at radius 2 is 2.24 bits per heavy atom. The van der Waals surface area contributed by atoms with Gasteiger partial charge in [0.05, 0.1) is 11.3 Å². The van der Waals surface area contributed by atoms with E-state index in [9.17, 15) is 4.79 Å². The smallest absolute Gasteiger partial charge is 0.316 e. The van der Waals surface area contributed by atoms with Crippen LogP contribution in [0.1, 0.15) is 5.82 Å². The third-order valence-corrected chi connectivity index (χ3v) is 5.63. The zero-order chi connectivity index (χ0) is 17.1. The topological polar surface area (TPSA) is 91.0 Å². The van der Waals surface area contributed by atoms with E-state index in [2.05, 4.69) is 20.1 Å². The van der Waals surface area contributed by atoms with E-state index in [1.807, 2.05) is 28.3 Å². The quantitative estimate of drug-likeness (QED) is 0.280. The molecule has 0 aliphatic heterocycles. The Morgan fingerprint density at radius 3 is 3.12 bits per heavy atom. The van der Waals surface area contributed by atoms with Crippen LogP contribution in [0.3, 0.4) is 0 Å². The van der Waals surface area contributed by atoms with Gasteiger partial charge in [0.1, 0.15) is 16.2 Å². The first-order valence-electron chi connectivity index (χ1n) is 7.11. The lowest BCUT2D eigenvalue weighted by Crippen LogP contribution is -2.08. The van der Waals surface area contributed by atoms with Crippen molar-refractivity contribution in [1.82, 2.24) is 20.1 Å². The first-order chi connectivity index (χ1) is 12.3. The predicted molar refractivity (Wildman–Crippen MR) is 95.5 cm³/mol. The monoisotopic (exact) mass is 390 g/mol. The summed E-state index contributed by atoms with van der Waals surface area (Å²) in [6.07, 6.45) is 1.50. The summed E-state index contributed by atoms with van der Waals surface area (Å²) in [5.41, 5.74) is 0.856. The molecule has 0 amide bonds. The summed E-state index contributed by atoms with van der Waals surface area (Å²) in [5, 5.41) is 11.3. The van der Waals surface area contributed by atoms with Crippen molar-refractivity contribution in [2.75, 3.05) is 5.75 Å². The number of thioether (sulfide) groups is 1. The van der Waals surface area contributed by atoms with Gasteiger partial charge >= 0.3 is 5.97 Å². The van der Waals surface area contributed by atoms with Crippen molar-refractivity contribution in [3.05, 3.63) is 40.4 Å². The number of hydrogen-bond donors (Lipinski definition) is 0. The summed E-state index contributed by atoms with van der Waals surface area (Å²) in [6.45, 7) is -0.0231. The molecule has 0 unspecified atom stereocenters. The van der Waals surface area contributed by atoms with Crippen molar-refractivity contribution in [2.45, 2.75) is 11.6 Å². The molecular weight excluding hydrogens is 380 g/mol. The van der Waals surface area contributed by atoms with Gasteiger partial charge in [-0.2, -0.15) is 16.3 Å². The van der Waals surface area contributed by atoms with Crippen LogP contribution in [0.4, 0.5) is 0 Å². The van der Waals surface area contributed by atoms with Crippen molar-refractivity contribution in [3.8, 4) is 11.5 Å². The molecule has 7 nitrogen and oxygen atoms in total. The van der Waals surface area contributed by atoms with Gasteiger partial charge in [0, 0.05) is 10.8 Å². The molecule has 0 saturated heterocycles. The molecule has 10 heteroatoms. The summed E-state index contributed by atoms with van der Waals surface area (Å²) in [5.74, 6) is 0.537. The maximum atomic E-state index is 11.9. The SMILES string of the molecule is O=C(CSc1ncnc2sccc12)OCc1noc(-c2ccsc2)n1. The molecular formula is C15H10N4O3S3. The van der Waals surface area contributed by atoms with E-state index in [1.165, 1.54) is 29.4 Å². The number of fused-ring (bicyclic) bond motifs is 1. The fraction of sp³-hybridized carbons (Fsp3) is 0.133. The van der Waals surface area contributed by atoms with E-state index in [1.54, 1.807) is 11.3 Å². The van der Waals surface area contributed by atoms with Gasteiger partial charge in [-0.05, 0) is 22.9 Å². The van der Waals surface area contributed by atoms with Gasteiger partial charge < -0.3 is 9.26 Å². The van der Waals surface area contributed by atoms with Crippen LogP contribution in [-0.2, 0) is 16.1 Å². The maximum Gasteiger partial charge on any atom is 0.316 e. The van der Waals surface area contributed by atoms with Crippen molar-refractivity contribution in [1.29, 1.82) is 0 Å². The second-order valence-corrected chi connectivity index (χ2v) is 7.43. The standard InChI is InChI=1S/C15H10N4O3S3/c20-12(7-25-15-10-2-4-24-14(10)16-8-17-15)21-5-11-18-13(22-19-11)9-1-3-23-6-9/h1-4,6,8H,5,7H2. The number of esters is 1. The Hall–Kier alpha value is -2.30. The molecule has 126 valence electrons. The first-order valence-corrected chi connectivity index (χ1v) is 9.92. The number of nitrogens with zero attached hydrogens (tertiary/aromatic N) is 4. The highest BCUT2D eigenvalue weighted by Crippen LogP contribution is 2.27. The van der Waals surface area contributed by atoms with Gasteiger partial charge in [0.2, 0.25) is 5.82 Å². The predicted octanol–water partition coefficient (Wildman–Crippen LogP) is 3.64. The van der Waals surface area contributed by atoms with E-state index in [-0.39, 0.29) is 18.3 Å². The van der Waals surface area contributed by atoms with Gasteiger partial charge in [-0.15, -0.1) is 11.3 Å². The second kappa shape index (κ2) is 7.30. The molecule has 0 saturated carbocycles. The number of carbonyl (C=O) groups is 1. The van der Waals surface area contributed by atoms with Gasteiger partial charge in [-0.25, -0.2) is 9.97 Å². The van der Waals surface area contributed by atoms with Crippen LogP contribution in [0, 0.1) is 0 Å². The third kappa shape index (κ3) is 3.70. The molecule has 0 N–H and O–H groups in total. The lowest BCUT2D eigenvalue weighted by molar-refractivity contribution is -0.141. The molecule has 0 aliphatic rings. The molecule has 0 fully saturated rings. The van der Waals surface area contributed by atoms with E-state index in [0.29, 0.717) is 11.7 Å². The molecule has 0 radical (unpaired) electrons. The summed E-state index contributed by atoms with van der Waals surface area (Å²) in [6, 6.07) is 3.83. The number of ether oxygens (including phenoxy) is 1. The molecule has 4 rings (SSSR count). The molecule has 25 heavy (non-hydrogen) atoms. The summed E-state index contributed by atoms with van der Waals surface area (Å²) in [7, 11) is 0. The largest absolute Gasteiger partial charge is 0.457 e. The fourth-order valence-electron chi connectivity index (χ4n) is 2.01. The minimum Gasteiger partial charge on any atom is -0.457 e. The van der Waals surface area contributed by atoms with Crippen molar-refractivity contribution in [2.24, 2.45) is 0 Å². The average molecular weight is 390 g/mol. The Balaban J connectivity index is 1.31. The average Bonchev–Trinajstić information content (AvgIpc) is 3.38. The zero-order valence-electron chi connectivity index (χ0n) is 12.6. The van der Waals surface area contributed by atoms with E-state index in [0.717, 1.165) is 20.8 Å². The van der Waals surface area contributed by atoms with Gasteiger partial charge in [0.15, 0.2) is 6.61 Å². The van der Waals surface area contributed by atoms with Gasteiger partial charge in [-0.1, -0.05) is 16.9 Å². The van der Waals surface area contributed by atoms with Crippen LogP contribution in [0.2, 0.25) is 0 Å². The lowest BCUT2D eigenvalue weighted by Gasteiger charge is -2.02. The molecule has 4 aromatic heterocycles. The Kier molecular flexibility index (Phi) is 4.72. The van der Waals surface area contributed by atoms with E-state index >= 15 is 0 Å². The van der Waals surface area contributed by atoms with Crippen LogP contribution >= 0.6 is 34.4 Å². The maximum absolute atomic E-state index is 11.9. The zero-order valence-corrected chi connectivity index (χ0v) is 15.1. The summed E-state index contributed by atoms with van der Waals surface area (Å²) in [4.78, 5) is 25.4. The Labute approximate surface area is 154 Å². The highest BCUT2D eigenvalue weighted by atomic mass is 32.2. The van der Waals surface area contributed by atoms with Crippen LogP contribution in [0.15, 0.2) is 44.1 Å². The van der Waals surface area contributed by atoms with Gasteiger partial charge in [0.25, 0.3) is 5.89 Å². The molecule has 0 spiro atoms. The number of aromatic nitrogens is 4. The van der Waals surface area contributed by atoms with Gasteiger partial charge in [-0.3, -0.25) is 4.79 Å². The van der Waals surface area contributed by atoms with Crippen LogP contribution in [0.25, 0.3) is 21.7 Å². The molecule has 0 atom stereocenters. The summed E-state index contributed by atoms with van der Waals surface area (Å²) < 4.78 is 10.3. The van der Waals surface area contributed by atoms with Crippen LogP contribution < -0.4 is 0 Å². The second-order valence-electron chi connectivity index (χ2n) is 4.80. The molecule has 4 heterocycles. The van der Waals surface area contributed by atoms with E-state index < -0.39 is 0 Å². The number of carbonyl (C=O) groups excluding carboxylic acids is 1. The Morgan fingerprint density at radius 1 is 1.28 bits per heavy atom.